The lowest BCUT2D eigenvalue weighted by atomic mass is 10.3. The van der Waals surface area contributed by atoms with Crippen LogP contribution in [0.5, 0.6) is 0 Å². The minimum absolute atomic E-state index is 0.398. The van der Waals surface area contributed by atoms with Crippen molar-refractivity contribution in [1.29, 1.82) is 0 Å². The summed E-state index contributed by atoms with van der Waals surface area (Å²) in [5, 5.41) is 13.4. The standard InChI is InChI=1S/C9H10N4O2S/c1-5-7(8(14)15-3)4-10-13(5)9-12-11-6(2)16-9/h4H,1-3H3. The van der Waals surface area contributed by atoms with Crippen LogP contribution in [-0.4, -0.2) is 33.1 Å². The van der Waals surface area contributed by atoms with Gasteiger partial charge >= 0.3 is 5.97 Å². The highest BCUT2D eigenvalue weighted by atomic mass is 32.1. The predicted molar refractivity (Wildman–Crippen MR) is 57.8 cm³/mol. The van der Waals surface area contributed by atoms with Crippen molar-refractivity contribution in [2.45, 2.75) is 13.8 Å². The molecule has 16 heavy (non-hydrogen) atoms. The minimum atomic E-state index is -0.398. The summed E-state index contributed by atoms with van der Waals surface area (Å²) in [6.45, 7) is 3.65. The number of esters is 1. The Morgan fingerprint density at radius 3 is 2.75 bits per heavy atom. The summed E-state index contributed by atoms with van der Waals surface area (Å²) in [6, 6.07) is 0. The van der Waals surface area contributed by atoms with Gasteiger partial charge in [0.2, 0.25) is 5.13 Å². The molecule has 0 aromatic carbocycles. The summed E-state index contributed by atoms with van der Waals surface area (Å²) in [7, 11) is 1.34. The molecule has 0 radical (unpaired) electrons. The van der Waals surface area contributed by atoms with Crippen molar-refractivity contribution in [3.8, 4) is 5.13 Å². The first kappa shape index (κ1) is 10.7. The van der Waals surface area contributed by atoms with Gasteiger partial charge in [-0.3, -0.25) is 0 Å². The molecular weight excluding hydrogens is 228 g/mol. The second-order valence-corrected chi connectivity index (χ2v) is 4.31. The van der Waals surface area contributed by atoms with E-state index in [2.05, 4.69) is 20.0 Å². The summed E-state index contributed by atoms with van der Waals surface area (Å²) < 4.78 is 6.23. The van der Waals surface area contributed by atoms with Gasteiger partial charge in [0, 0.05) is 0 Å². The summed E-state index contributed by atoms with van der Waals surface area (Å²) in [5.74, 6) is -0.398. The topological polar surface area (TPSA) is 69.9 Å². The maximum Gasteiger partial charge on any atom is 0.341 e. The Morgan fingerprint density at radius 2 is 2.19 bits per heavy atom. The van der Waals surface area contributed by atoms with Crippen LogP contribution in [0.3, 0.4) is 0 Å². The third-order valence-electron chi connectivity index (χ3n) is 2.11. The summed E-state index contributed by atoms with van der Waals surface area (Å²) in [5.41, 5.74) is 1.14. The maximum absolute atomic E-state index is 11.4. The lowest BCUT2D eigenvalue weighted by Gasteiger charge is -1.99. The van der Waals surface area contributed by atoms with Gasteiger partial charge < -0.3 is 4.74 Å². The molecule has 2 rings (SSSR count). The van der Waals surface area contributed by atoms with E-state index in [9.17, 15) is 4.79 Å². The van der Waals surface area contributed by atoms with Crippen LogP contribution in [0.25, 0.3) is 5.13 Å². The fourth-order valence-electron chi connectivity index (χ4n) is 1.28. The number of ether oxygens (including phenoxy) is 1. The molecule has 0 spiro atoms. The van der Waals surface area contributed by atoms with Gasteiger partial charge in [-0.2, -0.15) is 5.10 Å². The average molecular weight is 238 g/mol. The molecule has 0 saturated heterocycles. The van der Waals surface area contributed by atoms with Crippen molar-refractivity contribution < 1.29 is 9.53 Å². The van der Waals surface area contributed by atoms with Gasteiger partial charge in [-0.15, -0.1) is 10.2 Å². The first-order valence-electron chi connectivity index (χ1n) is 4.57. The van der Waals surface area contributed by atoms with Crippen LogP contribution in [0.2, 0.25) is 0 Å². The molecule has 0 saturated carbocycles. The van der Waals surface area contributed by atoms with Crippen molar-refractivity contribution in [3.05, 3.63) is 22.5 Å². The van der Waals surface area contributed by atoms with Crippen LogP contribution in [0.15, 0.2) is 6.20 Å². The third kappa shape index (κ3) is 1.69. The van der Waals surface area contributed by atoms with Gasteiger partial charge in [-0.1, -0.05) is 11.3 Å². The van der Waals surface area contributed by atoms with Gasteiger partial charge in [0.15, 0.2) is 0 Å². The Morgan fingerprint density at radius 1 is 1.44 bits per heavy atom. The molecule has 0 aliphatic carbocycles. The largest absolute Gasteiger partial charge is 0.465 e. The molecule has 0 atom stereocenters. The van der Waals surface area contributed by atoms with Crippen molar-refractivity contribution >= 4 is 17.3 Å². The number of aryl methyl sites for hydroxylation is 1. The van der Waals surface area contributed by atoms with Gasteiger partial charge in [0.1, 0.15) is 10.6 Å². The molecule has 0 bridgehead atoms. The summed E-state index contributed by atoms with van der Waals surface area (Å²) in [6.07, 6.45) is 1.47. The van der Waals surface area contributed by atoms with E-state index in [-0.39, 0.29) is 0 Å². The molecule has 0 aliphatic rings. The molecule has 0 aliphatic heterocycles. The van der Waals surface area contributed by atoms with Gasteiger partial charge in [-0.25, -0.2) is 9.48 Å². The number of methoxy groups -OCH3 is 1. The molecule has 7 heteroatoms. The summed E-state index contributed by atoms with van der Waals surface area (Å²) >= 11 is 1.41. The van der Waals surface area contributed by atoms with E-state index in [4.69, 9.17) is 0 Å². The second kappa shape index (κ2) is 4.01. The first-order valence-corrected chi connectivity index (χ1v) is 5.38. The zero-order valence-electron chi connectivity index (χ0n) is 9.09. The van der Waals surface area contributed by atoms with Crippen molar-refractivity contribution in [3.63, 3.8) is 0 Å². The molecule has 2 heterocycles. The fraction of sp³-hybridized carbons (Fsp3) is 0.333. The zero-order chi connectivity index (χ0) is 11.7. The second-order valence-electron chi connectivity index (χ2n) is 3.15. The van der Waals surface area contributed by atoms with Crippen molar-refractivity contribution in [2.75, 3.05) is 7.11 Å². The van der Waals surface area contributed by atoms with Gasteiger partial charge in [-0.05, 0) is 13.8 Å². The minimum Gasteiger partial charge on any atom is -0.465 e. The Hall–Kier alpha value is -1.76. The van der Waals surface area contributed by atoms with Crippen LogP contribution in [0.1, 0.15) is 21.1 Å². The molecule has 0 fully saturated rings. The van der Waals surface area contributed by atoms with Crippen LogP contribution < -0.4 is 0 Å². The fourth-order valence-corrected chi connectivity index (χ4v) is 1.98. The van der Waals surface area contributed by atoms with Crippen LogP contribution in [0, 0.1) is 13.8 Å². The Labute approximate surface area is 95.9 Å². The monoisotopic (exact) mass is 238 g/mol. The van der Waals surface area contributed by atoms with E-state index in [1.54, 1.807) is 11.6 Å². The smallest absolute Gasteiger partial charge is 0.341 e. The molecule has 0 unspecified atom stereocenters. The van der Waals surface area contributed by atoms with E-state index in [1.807, 2.05) is 6.92 Å². The Kier molecular flexibility index (Phi) is 2.69. The lowest BCUT2D eigenvalue weighted by molar-refractivity contribution is 0.0600. The predicted octanol–water partition coefficient (Wildman–Crippen LogP) is 1.13. The maximum atomic E-state index is 11.4. The van der Waals surface area contributed by atoms with Crippen molar-refractivity contribution in [2.24, 2.45) is 0 Å². The molecule has 0 N–H and O–H groups in total. The number of carbonyl (C=O) groups excluding carboxylic acids is 1. The van der Waals surface area contributed by atoms with E-state index < -0.39 is 5.97 Å². The third-order valence-corrected chi connectivity index (χ3v) is 2.93. The normalized spacial score (nSPS) is 10.4. The van der Waals surface area contributed by atoms with Gasteiger partial charge in [0.25, 0.3) is 0 Å². The Bertz CT molecular complexity index is 531. The van der Waals surface area contributed by atoms with E-state index in [1.165, 1.54) is 24.6 Å². The van der Waals surface area contributed by atoms with E-state index >= 15 is 0 Å². The van der Waals surface area contributed by atoms with Crippen molar-refractivity contribution in [1.82, 2.24) is 20.0 Å². The van der Waals surface area contributed by atoms with Crippen LogP contribution in [0.4, 0.5) is 0 Å². The Balaban J connectivity index is 2.44. The molecule has 6 nitrogen and oxygen atoms in total. The first-order chi connectivity index (χ1) is 7.63. The highest BCUT2D eigenvalue weighted by Gasteiger charge is 2.16. The van der Waals surface area contributed by atoms with E-state index in [0.29, 0.717) is 16.4 Å². The highest BCUT2D eigenvalue weighted by Crippen LogP contribution is 2.17. The van der Waals surface area contributed by atoms with Crippen LogP contribution >= 0.6 is 11.3 Å². The number of nitrogens with zero attached hydrogens (tertiary/aromatic N) is 4. The quantitative estimate of drug-likeness (QED) is 0.733. The van der Waals surface area contributed by atoms with E-state index in [0.717, 1.165) is 5.01 Å². The average Bonchev–Trinajstić information content (AvgIpc) is 2.83. The molecule has 2 aromatic heterocycles. The molecule has 0 amide bonds. The van der Waals surface area contributed by atoms with Crippen LogP contribution in [-0.2, 0) is 4.74 Å². The number of hydrogen-bond acceptors (Lipinski definition) is 6. The number of aromatic nitrogens is 4. The highest BCUT2D eigenvalue weighted by molar-refractivity contribution is 7.13. The summed E-state index contributed by atoms with van der Waals surface area (Å²) in [4.78, 5) is 11.4. The number of rotatable bonds is 2. The zero-order valence-corrected chi connectivity index (χ0v) is 9.91. The molecular formula is C9H10N4O2S. The molecule has 2 aromatic rings. The molecule has 84 valence electrons. The number of carbonyl (C=O) groups is 1. The SMILES string of the molecule is COC(=O)c1cnn(-c2nnc(C)s2)c1C. The lowest BCUT2D eigenvalue weighted by Crippen LogP contribution is -2.04. The number of hydrogen-bond donors (Lipinski definition) is 0. The van der Waals surface area contributed by atoms with Gasteiger partial charge in [0.05, 0.1) is 19.0 Å².